The topological polar surface area (TPSA) is 3.24 Å². The fourth-order valence-electron chi connectivity index (χ4n) is 1.11. The Labute approximate surface area is 51.0 Å². The molecule has 0 fully saturated rings. The zero-order chi connectivity index (χ0) is 5.98. The third kappa shape index (κ3) is 1.25. The highest BCUT2D eigenvalue weighted by Gasteiger charge is 2.00. The number of allylic oxidation sites excluding steroid dienone is 1. The van der Waals surface area contributed by atoms with E-state index in [9.17, 15) is 0 Å². The van der Waals surface area contributed by atoms with Gasteiger partial charge in [0.1, 0.15) is 0 Å². The molecule has 46 valence electrons. The molecule has 1 aliphatic rings. The largest absolute Gasteiger partial charge is 0.380 e. The monoisotopic (exact) mass is 111 g/mol. The van der Waals surface area contributed by atoms with Crippen molar-refractivity contribution in [3.05, 3.63) is 11.8 Å². The first-order chi connectivity index (χ1) is 3.79. The summed E-state index contributed by atoms with van der Waals surface area (Å²) in [5, 5.41) is 0. The van der Waals surface area contributed by atoms with Crippen molar-refractivity contribution >= 4 is 0 Å². The summed E-state index contributed by atoms with van der Waals surface area (Å²) in [4.78, 5) is 2.25. The molecule has 0 saturated heterocycles. The third-order valence-corrected chi connectivity index (χ3v) is 1.52. The first-order valence-electron chi connectivity index (χ1n) is 3.16. The van der Waals surface area contributed by atoms with Gasteiger partial charge < -0.3 is 4.90 Å². The molecular formula is C7H13N. The molecule has 0 aromatic carbocycles. The highest BCUT2D eigenvalue weighted by molar-refractivity contribution is 4.99. The molecule has 0 N–H and O–H groups in total. The predicted octanol–water partition coefficient (Wildman–Crippen LogP) is 1.62. The van der Waals surface area contributed by atoms with Gasteiger partial charge in [0.25, 0.3) is 0 Å². The minimum Gasteiger partial charge on any atom is -0.380 e. The number of hydrogen-bond donors (Lipinski definition) is 0. The molecule has 0 unspecified atom stereocenters. The summed E-state index contributed by atoms with van der Waals surface area (Å²) in [6.07, 6.45) is 4.85. The fraction of sp³-hybridized carbons (Fsp3) is 0.714. The number of rotatable bonds is 0. The van der Waals surface area contributed by atoms with Crippen molar-refractivity contribution in [2.24, 2.45) is 0 Å². The van der Waals surface area contributed by atoms with Crippen molar-refractivity contribution in [3.8, 4) is 0 Å². The lowest BCUT2D eigenvalue weighted by molar-refractivity contribution is 0.416. The second-order valence-corrected chi connectivity index (χ2v) is 2.56. The highest BCUT2D eigenvalue weighted by Crippen LogP contribution is 2.10. The van der Waals surface area contributed by atoms with E-state index >= 15 is 0 Å². The lowest BCUT2D eigenvalue weighted by Gasteiger charge is -2.20. The van der Waals surface area contributed by atoms with Crippen LogP contribution in [0.2, 0.25) is 0 Å². The van der Waals surface area contributed by atoms with Gasteiger partial charge in [0.15, 0.2) is 0 Å². The van der Waals surface area contributed by atoms with Gasteiger partial charge in [-0.1, -0.05) is 5.57 Å². The van der Waals surface area contributed by atoms with E-state index < -0.39 is 0 Å². The van der Waals surface area contributed by atoms with Gasteiger partial charge in [-0.15, -0.1) is 0 Å². The molecule has 1 heterocycles. The Morgan fingerprint density at radius 2 is 2.38 bits per heavy atom. The molecule has 1 aliphatic heterocycles. The minimum absolute atomic E-state index is 1.23. The smallest absolute Gasteiger partial charge is 0.0172 e. The zero-order valence-corrected chi connectivity index (χ0v) is 5.65. The van der Waals surface area contributed by atoms with E-state index in [1.165, 1.54) is 25.0 Å². The van der Waals surface area contributed by atoms with Crippen molar-refractivity contribution in [2.75, 3.05) is 13.6 Å². The molecular weight excluding hydrogens is 98.1 g/mol. The Kier molecular flexibility index (Phi) is 1.56. The van der Waals surface area contributed by atoms with Gasteiger partial charge >= 0.3 is 0 Å². The summed E-state index contributed by atoms with van der Waals surface area (Å²) in [5.41, 5.74) is 1.51. The van der Waals surface area contributed by atoms with Gasteiger partial charge in [0.05, 0.1) is 0 Å². The normalized spacial score (nSPS) is 20.8. The van der Waals surface area contributed by atoms with Crippen LogP contribution in [0.1, 0.15) is 19.8 Å². The van der Waals surface area contributed by atoms with E-state index in [2.05, 4.69) is 25.1 Å². The molecule has 1 rings (SSSR count). The highest BCUT2D eigenvalue weighted by atomic mass is 15.1. The molecule has 1 nitrogen and oxygen atoms in total. The van der Waals surface area contributed by atoms with Crippen LogP contribution in [-0.4, -0.2) is 18.5 Å². The van der Waals surface area contributed by atoms with E-state index in [1.54, 1.807) is 0 Å². The Hall–Kier alpha value is -0.460. The second kappa shape index (κ2) is 2.21. The van der Waals surface area contributed by atoms with Gasteiger partial charge in [0, 0.05) is 13.6 Å². The van der Waals surface area contributed by atoms with Crippen LogP contribution < -0.4 is 0 Å². The number of hydrogen-bond acceptors (Lipinski definition) is 1. The molecule has 0 aromatic rings. The fourth-order valence-corrected chi connectivity index (χ4v) is 1.11. The first-order valence-corrected chi connectivity index (χ1v) is 3.16. The summed E-state index contributed by atoms with van der Waals surface area (Å²) < 4.78 is 0. The van der Waals surface area contributed by atoms with Crippen molar-refractivity contribution in [3.63, 3.8) is 0 Å². The van der Waals surface area contributed by atoms with Crippen LogP contribution in [0.3, 0.4) is 0 Å². The summed E-state index contributed by atoms with van der Waals surface area (Å²) >= 11 is 0. The predicted molar refractivity (Wildman–Crippen MR) is 35.6 cm³/mol. The van der Waals surface area contributed by atoms with Crippen LogP contribution in [0.5, 0.6) is 0 Å². The minimum atomic E-state index is 1.23. The van der Waals surface area contributed by atoms with E-state index in [1.807, 2.05) is 0 Å². The van der Waals surface area contributed by atoms with Crippen LogP contribution in [-0.2, 0) is 0 Å². The number of nitrogens with zero attached hydrogens (tertiary/aromatic N) is 1. The molecule has 0 spiro atoms. The van der Waals surface area contributed by atoms with Crippen molar-refractivity contribution in [1.82, 2.24) is 4.90 Å². The second-order valence-electron chi connectivity index (χ2n) is 2.56. The molecule has 0 aromatic heterocycles. The Balaban J connectivity index is 2.50. The van der Waals surface area contributed by atoms with E-state index in [0.717, 1.165) is 0 Å². The van der Waals surface area contributed by atoms with Gasteiger partial charge in [-0.05, 0) is 26.0 Å². The summed E-state index contributed by atoms with van der Waals surface area (Å²) in [5.74, 6) is 0. The van der Waals surface area contributed by atoms with Crippen LogP contribution >= 0.6 is 0 Å². The molecule has 0 radical (unpaired) electrons. The molecule has 0 aliphatic carbocycles. The SMILES string of the molecule is CC1=CN(C)CCC1. The molecule has 1 heteroatoms. The lowest BCUT2D eigenvalue weighted by atomic mass is 10.1. The van der Waals surface area contributed by atoms with Crippen molar-refractivity contribution in [1.29, 1.82) is 0 Å². The van der Waals surface area contributed by atoms with E-state index in [-0.39, 0.29) is 0 Å². The maximum Gasteiger partial charge on any atom is 0.0172 e. The first kappa shape index (κ1) is 5.67. The summed E-state index contributed by atoms with van der Waals surface area (Å²) in [6, 6.07) is 0. The van der Waals surface area contributed by atoms with Crippen molar-refractivity contribution < 1.29 is 0 Å². The molecule has 0 atom stereocenters. The van der Waals surface area contributed by atoms with E-state index in [0.29, 0.717) is 0 Å². The van der Waals surface area contributed by atoms with Gasteiger partial charge in [0.2, 0.25) is 0 Å². The third-order valence-electron chi connectivity index (χ3n) is 1.52. The Morgan fingerprint density at radius 3 is 2.75 bits per heavy atom. The lowest BCUT2D eigenvalue weighted by Crippen LogP contribution is -2.16. The van der Waals surface area contributed by atoms with Crippen LogP contribution in [0.4, 0.5) is 0 Å². The summed E-state index contributed by atoms with van der Waals surface area (Å²) in [6.45, 7) is 3.42. The molecule has 0 saturated carbocycles. The van der Waals surface area contributed by atoms with Crippen LogP contribution in [0.25, 0.3) is 0 Å². The molecule has 0 bridgehead atoms. The molecule has 8 heavy (non-hydrogen) atoms. The quantitative estimate of drug-likeness (QED) is 0.459. The average molecular weight is 111 g/mol. The maximum atomic E-state index is 2.25. The van der Waals surface area contributed by atoms with Gasteiger partial charge in [-0.2, -0.15) is 0 Å². The maximum absolute atomic E-state index is 2.25. The summed E-state index contributed by atoms with van der Waals surface area (Å²) in [7, 11) is 2.13. The van der Waals surface area contributed by atoms with Crippen molar-refractivity contribution in [2.45, 2.75) is 19.8 Å². The van der Waals surface area contributed by atoms with Gasteiger partial charge in [-0.25, -0.2) is 0 Å². The van der Waals surface area contributed by atoms with E-state index in [4.69, 9.17) is 0 Å². The molecule has 0 amide bonds. The zero-order valence-electron chi connectivity index (χ0n) is 5.65. The Morgan fingerprint density at radius 1 is 1.62 bits per heavy atom. The van der Waals surface area contributed by atoms with Gasteiger partial charge in [-0.3, -0.25) is 0 Å². The standard InChI is InChI=1S/C7H13N/c1-7-4-3-5-8(2)6-7/h6H,3-5H2,1-2H3. The van der Waals surface area contributed by atoms with Crippen LogP contribution in [0, 0.1) is 0 Å². The van der Waals surface area contributed by atoms with Crippen LogP contribution in [0.15, 0.2) is 11.8 Å². The average Bonchev–Trinajstić information content (AvgIpc) is 1.64. The Bertz CT molecular complexity index is 105.